The zero-order valence-corrected chi connectivity index (χ0v) is 13.9. The Kier molecular flexibility index (Phi) is 5.84. The molecular weight excluding hydrogens is 290 g/mol. The highest BCUT2D eigenvalue weighted by atomic mass is 32.2. The molecule has 0 spiro atoms. The summed E-state index contributed by atoms with van der Waals surface area (Å²) in [5, 5.41) is 3.01. The van der Waals surface area contributed by atoms with Crippen LogP contribution in [-0.4, -0.2) is 11.7 Å². The lowest BCUT2D eigenvalue weighted by Gasteiger charge is -2.11. The number of aryl methyl sites for hydroxylation is 2. The van der Waals surface area contributed by atoms with Gasteiger partial charge in [0.25, 0.3) is 5.91 Å². The van der Waals surface area contributed by atoms with Crippen molar-refractivity contribution >= 4 is 23.4 Å². The van der Waals surface area contributed by atoms with Crippen molar-refractivity contribution in [1.29, 1.82) is 0 Å². The predicted molar refractivity (Wildman–Crippen MR) is 96.7 cm³/mol. The molecule has 0 saturated heterocycles. The van der Waals surface area contributed by atoms with Crippen LogP contribution in [0, 0.1) is 13.8 Å². The number of benzene rings is 2. The van der Waals surface area contributed by atoms with Gasteiger partial charge in [0.05, 0.1) is 0 Å². The molecule has 3 heteroatoms. The molecule has 2 aromatic rings. The number of nitrogens with one attached hydrogen (secondary N) is 1. The van der Waals surface area contributed by atoms with E-state index in [-0.39, 0.29) is 5.91 Å². The van der Waals surface area contributed by atoms with Gasteiger partial charge in [-0.2, -0.15) is 11.8 Å². The minimum atomic E-state index is -0.0669. The van der Waals surface area contributed by atoms with Gasteiger partial charge in [0, 0.05) is 22.8 Å². The molecule has 0 aliphatic carbocycles. The van der Waals surface area contributed by atoms with Crippen LogP contribution in [0.3, 0.4) is 0 Å². The van der Waals surface area contributed by atoms with Crippen molar-refractivity contribution in [3.8, 4) is 0 Å². The van der Waals surface area contributed by atoms with Crippen LogP contribution in [0.4, 0.5) is 5.69 Å². The fourth-order valence-electron chi connectivity index (χ4n) is 2.21. The zero-order valence-electron chi connectivity index (χ0n) is 13.1. The summed E-state index contributed by atoms with van der Waals surface area (Å²) in [5.74, 6) is 1.81. The van der Waals surface area contributed by atoms with E-state index in [2.05, 4.69) is 11.9 Å². The Bertz CT molecular complexity index is 641. The molecular formula is C19H21NOS. The van der Waals surface area contributed by atoms with Gasteiger partial charge in [-0.1, -0.05) is 36.4 Å². The van der Waals surface area contributed by atoms with Crippen LogP contribution in [0.2, 0.25) is 0 Å². The highest BCUT2D eigenvalue weighted by Crippen LogP contribution is 2.20. The third kappa shape index (κ3) is 4.25. The Morgan fingerprint density at radius 1 is 1.14 bits per heavy atom. The van der Waals surface area contributed by atoms with Crippen LogP contribution in [-0.2, 0) is 5.75 Å². The number of hydrogen-bond donors (Lipinski definition) is 1. The Morgan fingerprint density at radius 2 is 1.77 bits per heavy atom. The van der Waals surface area contributed by atoms with Crippen LogP contribution in [0.25, 0.3) is 0 Å². The smallest absolute Gasteiger partial charge is 0.255 e. The van der Waals surface area contributed by atoms with E-state index >= 15 is 0 Å². The maximum Gasteiger partial charge on any atom is 0.255 e. The van der Waals surface area contributed by atoms with Gasteiger partial charge < -0.3 is 5.32 Å². The number of thioether (sulfide) groups is 1. The first-order valence-corrected chi connectivity index (χ1v) is 8.42. The third-order valence-electron chi connectivity index (χ3n) is 3.44. The molecule has 0 radical (unpaired) electrons. The number of carbonyl (C=O) groups excluding carboxylic acids is 1. The van der Waals surface area contributed by atoms with Gasteiger partial charge in [0.15, 0.2) is 0 Å². The van der Waals surface area contributed by atoms with Gasteiger partial charge in [0.2, 0.25) is 0 Å². The number of rotatable bonds is 6. The fraction of sp³-hybridized carbons (Fsp3) is 0.211. The van der Waals surface area contributed by atoms with Crippen molar-refractivity contribution in [3.63, 3.8) is 0 Å². The Balaban J connectivity index is 2.05. The first-order chi connectivity index (χ1) is 10.6. The summed E-state index contributed by atoms with van der Waals surface area (Å²) in [6, 6.07) is 13.8. The van der Waals surface area contributed by atoms with E-state index in [0.717, 1.165) is 28.3 Å². The molecule has 1 amide bonds. The molecule has 0 unspecified atom stereocenters. The summed E-state index contributed by atoms with van der Waals surface area (Å²) < 4.78 is 0. The monoisotopic (exact) mass is 311 g/mol. The maximum absolute atomic E-state index is 12.4. The number of carbonyl (C=O) groups is 1. The standard InChI is InChI=1S/C19H21NOS/c1-4-12-22-13-16-8-10-17(11-9-16)19(21)20-18-14(2)6-5-7-15(18)3/h4-11H,1,12-13H2,2-3H3,(H,20,21). The van der Waals surface area contributed by atoms with Crippen LogP contribution < -0.4 is 5.32 Å². The lowest BCUT2D eigenvalue weighted by atomic mass is 10.1. The van der Waals surface area contributed by atoms with Gasteiger partial charge >= 0.3 is 0 Å². The van der Waals surface area contributed by atoms with Crippen molar-refractivity contribution in [1.82, 2.24) is 0 Å². The van der Waals surface area contributed by atoms with Crippen molar-refractivity contribution in [2.45, 2.75) is 19.6 Å². The van der Waals surface area contributed by atoms with Crippen molar-refractivity contribution < 1.29 is 4.79 Å². The Hall–Kier alpha value is -2.00. The van der Waals surface area contributed by atoms with Crippen LogP contribution >= 0.6 is 11.8 Å². The molecule has 22 heavy (non-hydrogen) atoms. The topological polar surface area (TPSA) is 29.1 Å². The minimum Gasteiger partial charge on any atom is -0.322 e. The first kappa shape index (κ1) is 16.4. The third-order valence-corrected chi connectivity index (χ3v) is 4.45. The average Bonchev–Trinajstić information content (AvgIpc) is 2.52. The van der Waals surface area contributed by atoms with E-state index in [1.165, 1.54) is 5.56 Å². The lowest BCUT2D eigenvalue weighted by Crippen LogP contribution is -2.13. The summed E-state index contributed by atoms with van der Waals surface area (Å²) in [5.41, 5.74) is 4.95. The van der Waals surface area contributed by atoms with Gasteiger partial charge in [-0.05, 0) is 42.7 Å². The number of hydrogen-bond acceptors (Lipinski definition) is 2. The quantitative estimate of drug-likeness (QED) is 0.602. The van der Waals surface area contributed by atoms with E-state index in [1.807, 2.05) is 74.1 Å². The van der Waals surface area contributed by atoms with Crippen LogP contribution in [0.5, 0.6) is 0 Å². The van der Waals surface area contributed by atoms with Crippen LogP contribution in [0.1, 0.15) is 27.0 Å². The fourth-order valence-corrected chi connectivity index (χ4v) is 2.92. The van der Waals surface area contributed by atoms with Gasteiger partial charge in [0.1, 0.15) is 0 Å². The van der Waals surface area contributed by atoms with Crippen LogP contribution in [0.15, 0.2) is 55.1 Å². The molecule has 0 atom stereocenters. The number of anilines is 1. The van der Waals surface area contributed by atoms with Crippen molar-refractivity contribution in [3.05, 3.63) is 77.4 Å². The van der Waals surface area contributed by atoms with E-state index in [0.29, 0.717) is 5.56 Å². The maximum atomic E-state index is 12.4. The molecule has 0 bridgehead atoms. The zero-order chi connectivity index (χ0) is 15.9. The molecule has 2 rings (SSSR count). The van der Waals surface area contributed by atoms with E-state index in [4.69, 9.17) is 0 Å². The Labute approximate surface area is 136 Å². The molecule has 0 saturated carbocycles. The van der Waals surface area contributed by atoms with Gasteiger partial charge in [-0.15, -0.1) is 6.58 Å². The van der Waals surface area contributed by atoms with Crippen molar-refractivity contribution in [2.75, 3.05) is 11.1 Å². The predicted octanol–water partition coefficient (Wildman–Crippen LogP) is 4.97. The summed E-state index contributed by atoms with van der Waals surface area (Å²) in [6.07, 6.45) is 1.90. The largest absolute Gasteiger partial charge is 0.322 e. The second-order valence-electron chi connectivity index (χ2n) is 5.22. The molecule has 0 aromatic heterocycles. The Morgan fingerprint density at radius 3 is 2.36 bits per heavy atom. The number of amides is 1. The van der Waals surface area contributed by atoms with E-state index < -0.39 is 0 Å². The number of para-hydroxylation sites is 1. The lowest BCUT2D eigenvalue weighted by molar-refractivity contribution is 0.102. The minimum absolute atomic E-state index is 0.0669. The highest BCUT2D eigenvalue weighted by molar-refractivity contribution is 7.98. The van der Waals surface area contributed by atoms with E-state index in [9.17, 15) is 4.79 Å². The highest BCUT2D eigenvalue weighted by Gasteiger charge is 2.09. The molecule has 0 aliphatic heterocycles. The molecule has 0 fully saturated rings. The van der Waals surface area contributed by atoms with E-state index in [1.54, 1.807) is 0 Å². The van der Waals surface area contributed by atoms with Gasteiger partial charge in [-0.25, -0.2) is 0 Å². The molecule has 114 valence electrons. The molecule has 1 N–H and O–H groups in total. The van der Waals surface area contributed by atoms with Crippen molar-refractivity contribution in [2.24, 2.45) is 0 Å². The first-order valence-electron chi connectivity index (χ1n) is 7.27. The summed E-state index contributed by atoms with van der Waals surface area (Å²) in [7, 11) is 0. The SMILES string of the molecule is C=CCSCc1ccc(C(=O)Nc2c(C)cccc2C)cc1. The van der Waals surface area contributed by atoms with Gasteiger partial charge in [-0.3, -0.25) is 4.79 Å². The molecule has 0 heterocycles. The summed E-state index contributed by atoms with van der Waals surface area (Å²) >= 11 is 1.81. The molecule has 0 aliphatic rings. The summed E-state index contributed by atoms with van der Waals surface area (Å²) in [4.78, 5) is 12.4. The second kappa shape index (κ2) is 7.85. The second-order valence-corrected chi connectivity index (χ2v) is 6.25. The average molecular weight is 311 g/mol. The molecule has 2 nitrogen and oxygen atoms in total. The summed E-state index contributed by atoms with van der Waals surface area (Å²) in [6.45, 7) is 7.71. The molecule has 2 aromatic carbocycles. The normalized spacial score (nSPS) is 10.3.